The molecule has 0 saturated carbocycles. The molecular formula is C29H49ClO2. The number of hydrogen-bond donors (Lipinski definition) is 1. The summed E-state index contributed by atoms with van der Waals surface area (Å²) in [4.78, 5) is 0. The van der Waals surface area contributed by atoms with Crippen molar-refractivity contribution in [2.24, 2.45) is 17.8 Å². The van der Waals surface area contributed by atoms with Crippen LogP contribution in [0.5, 0.6) is 11.5 Å². The van der Waals surface area contributed by atoms with Crippen LogP contribution in [0.15, 0.2) is 0 Å². The fraction of sp³-hybridized carbons (Fsp3) is 0.793. The average Bonchev–Trinajstić information content (AvgIpc) is 2.73. The molecule has 3 atom stereocenters. The van der Waals surface area contributed by atoms with Gasteiger partial charge >= 0.3 is 0 Å². The average molecular weight is 465 g/mol. The summed E-state index contributed by atoms with van der Waals surface area (Å²) in [5.41, 5.74) is 3.83. The highest BCUT2D eigenvalue weighted by molar-refractivity contribution is 6.17. The first-order valence-corrected chi connectivity index (χ1v) is 13.7. The van der Waals surface area contributed by atoms with Crippen LogP contribution in [-0.4, -0.2) is 10.7 Å². The Balaban J connectivity index is 1.77. The zero-order chi connectivity index (χ0) is 23.9. The summed E-state index contributed by atoms with van der Waals surface area (Å²) in [6.07, 6.45) is 13.8. The van der Waals surface area contributed by atoms with E-state index in [2.05, 4.69) is 41.5 Å². The minimum atomic E-state index is -0.116. The van der Waals surface area contributed by atoms with Gasteiger partial charge < -0.3 is 9.84 Å². The Morgan fingerprint density at radius 1 is 0.906 bits per heavy atom. The number of alkyl halides is 1. The fourth-order valence-corrected chi connectivity index (χ4v) is 5.58. The van der Waals surface area contributed by atoms with E-state index in [-0.39, 0.29) is 5.60 Å². The Kier molecular flexibility index (Phi) is 10.7. The summed E-state index contributed by atoms with van der Waals surface area (Å²) in [5.74, 6) is 4.17. The van der Waals surface area contributed by atoms with Gasteiger partial charge in [-0.15, -0.1) is 11.6 Å². The number of phenolic OH excluding ortho intramolecular Hbond substituents is 1. The van der Waals surface area contributed by atoms with Gasteiger partial charge in [0.2, 0.25) is 0 Å². The molecule has 0 unspecified atom stereocenters. The van der Waals surface area contributed by atoms with Crippen molar-refractivity contribution in [1.29, 1.82) is 0 Å². The van der Waals surface area contributed by atoms with Gasteiger partial charge in [0.05, 0.1) is 5.88 Å². The number of phenols is 1. The molecule has 0 bridgehead atoms. The van der Waals surface area contributed by atoms with Crippen LogP contribution in [0.3, 0.4) is 0 Å². The third kappa shape index (κ3) is 7.57. The Bertz CT molecular complexity index is 727. The number of rotatable bonds is 13. The molecule has 0 spiro atoms. The molecule has 1 heterocycles. The van der Waals surface area contributed by atoms with Gasteiger partial charge in [-0.1, -0.05) is 72.6 Å². The Labute approximate surface area is 203 Å². The van der Waals surface area contributed by atoms with Crippen LogP contribution in [0, 0.1) is 31.6 Å². The minimum absolute atomic E-state index is 0.116. The van der Waals surface area contributed by atoms with Crippen molar-refractivity contribution < 1.29 is 9.84 Å². The highest BCUT2D eigenvalue weighted by Crippen LogP contribution is 2.45. The maximum atomic E-state index is 10.5. The molecule has 1 aromatic carbocycles. The van der Waals surface area contributed by atoms with Gasteiger partial charge in [-0.25, -0.2) is 0 Å². The van der Waals surface area contributed by atoms with E-state index < -0.39 is 0 Å². The number of ether oxygens (including phenoxy) is 1. The van der Waals surface area contributed by atoms with E-state index >= 15 is 0 Å². The fourth-order valence-electron chi connectivity index (χ4n) is 5.29. The van der Waals surface area contributed by atoms with E-state index in [0.717, 1.165) is 65.0 Å². The quantitative estimate of drug-likeness (QED) is 0.294. The van der Waals surface area contributed by atoms with Crippen LogP contribution < -0.4 is 4.74 Å². The molecule has 3 heteroatoms. The van der Waals surface area contributed by atoms with Crippen molar-refractivity contribution in [3.8, 4) is 11.5 Å². The van der Waals surface area contributed by atoms with E-state index in [9.17, 15) is 5.11 Å². The molecule has 0 fully saturated rings. The summed E-state index contributed by atoms with van der Waals surface area (Å²) in [5, 5.41) is 10.5. The summed E-state index contributed by atoms with van der Waals surface area (Å²) < 4.78 is 6.61. The van der Waals surface area contributed by atoms with E-state index in [0.29, 0.717) is 11.6 Å². The predicted molar refractivity (Wildman–Crippen MR) is 139 cm³/mol. The number of benzene rings is 1. The molecular weight excluding hydrogens is 416 g/mol. The highest BCUT2D eigenvalue weighted by Gasteiger charge is 2.34. The van der Waals surface area contributed by atoms with Crippen LogP contribution in [0.4, 0.5) is 0 Å². The molecule has 1 N–H and O–H groups in total. The highest BCUT2D eigenvalue weighted by atomic mass is 35.5. The third-order valence-corrected chi connectivity index (χ3v) is 8.11. The van der Waals surface area contributed by atoms with Gasteiger partial charge in [-0.05, 0) is 75.3 Å². The number of halogens is 1. The zero-order valence-corrected chi connectivity index (χ0v) is 22.7. The maximum Gasteiger partial charge on any atom is 0.127 e. The topological polar surface area (TPSA) is 29.5 Å². The molecule has 0 aliphatic carbocycles. The second-order valence-electron chi connectivity index (χ2n) is 11.4. The normalized spacial score (nSPS) is 20.2. The lowest BCUT2D eigenvalue weighted by molar-refractivity contribution is 0.0511. The first-order chi connectivity index (χ1) is 15.1. The standard InChI is InChI=1S/C29H49ClO2/c1-20(2)11-8-12-21(3)13-9-14-22(4)15-10-17-29(7)18-16-25-26(19-30)27(31)23(5)24(6)28(25)32-29/h20-22,31H,8-19H2,1-7H3/t21-,22-,29-/m1/s1. The summed E-state index contributed by atoms with van der Waals surface area (Å²) in [7, 11) is 0. The zero-order valence-electron chi connectivity index (χ0n) is 22.0. The Morgan fingerprint density at radius 3 is 2.03 bits per heavy atom. The van der Waals surface area contributed by atoms with Gasteiger partial charge in [0.25, 0.3) is 0 Å². The van der Waals surface area contributed by atoms with Crippen molar-refractivity contribution in [2.45, 2.75) is 131 Å². The van der Waals surface area contributed by atoms with Gasteiger partial charge in [0.1, 0.15) is 17.1 Å². The molecule has 0 amide bonds. The molecule has 184 valence electrons. The summed E-state index contributed by atoms with van der Waals surface area (Å²) >= 11 is 6.17. The second-order valence-corrected chi connectivity index (χ2v) is 11.7. The first-order valence-electron chi connectivity index (χ1n) is 13.2. The predicted octanol–water partition coefficient (Wildman–Crippen LogP) is 9.27. The van der Waals surface area contributed by atoms with Crippen molar-refractivity contribution >= 4 is 11.6 Å². The summed E-state index contributed by atoms with van der Waals surface area (Å²) in [6.45, 7) is 15.8. The molecule has 0 saturated heterocycles. The minimum Gasteiger partial charge on any atom is -0.507 e. The molecule has 1 aliphatic heterocycles. The van der Waals surface area contributed by atoms with E-state index in [4.69, 9.17) is 16.3 Å². The number of hydrogen-bond acceptors (Lipinski definition) is 2. The van der Waals surface area contributed by atoms with E-state index in [1.807, 2.05) is 6.92 Å². The Hall–Kier alpha value is -0.890. The lowest BCUT2D eigenvalue weighted by atomic mass is 9.83. The maximum absolute atomic E-state index is 10.5. The molecule has 2 rings (SSSR count). The van der Waals surface area contributed by atoms with Crippen LogP contribution >= 0.6 is 11.6 Å². The van der Waals surface area contributed by atoms with Crippen LogP contribution in [0.25, 0.3) is 0 Å². The lowest BCUT2D eigenvalue weighted by Gasteiger charge is -2.38. The molecule has 1 aromatic rings. The number of aromatic hydroxyl groups is 1. The van der Waals surface area contributed by atoms with Gasteiger partial charge in [0, 0.05) is 11.1 Å². The van der Waals surface area contributed by atoms with Crippen LogP contribution in [-0.2, 0) is 12.3 Å². The molecule has 0 aromatic heterocycles. The van der Waals surface area contributed by atoms with Crippen LogP contribution in [0.1, 0.15) is 121 Å². The third-order valence-electron chi connectivity index (χ3n) is 7.84. The largest absolute Gasteiger partial charge is 0.507 e. The lowest BCUT2D eigenvalue weighted by Crippen LogP contribution is -2.37. The van der Waals surface area contributed by atoms with E-state index in [1.165, 1.54) is 51.4 Å². The second kappa shape index (κ2) is 12.5. The Morgan fingerprint density at radius 2 is 1.47 bits per heavy atom. The summed E-state index contributed by atoms with van der Waals surface area (Å²) in [6, 6.07) is 0. The van der Waals surface area contributed by atoms with Gasteiger partial charge in [-0.3, -0.25) is 0 Å². The van der Waals surface area contributed by atoms with Gasteiger partial charge in [0.15, 0.2) is 0 Å². The van der Waals surface area contributed by atoms with Crippen molar-refractivity contribution in [1.82, 2.24) is 0 Å². The molecule has 0 radical (unpaired) electrons. The smallest absolute Gasteiger partial charge is 0.127 e. The van der Waals surface area contributed by atoms with Crippen molar-refractivity contribution in [3.05, 3.63) is 22.3 Å². The molecule has 2 nitrogen and oxygen atoms in total. The van der Waals surface area contributed by atoms with Crippen LogP contribution in [0.2, 0.25) is 0 Å². The monoisotopic (exact) mass is 464 g/mol. The SMILES string of the molecule is Cc1c(C)c2c(c(CCl)c1O)CC[C@@](C)(CCC[C@H](C)CCC[C@H](C)CCCC(C)C)O2. The molecule has 32 heavy (non-hydrogen) atoms. The van der Waals surface area contributed by atoms with E-state index in [1.54, 1.807) is 0 Å². The number of fused-ring (bicyclic) bond motifs is 1. The van der Waals surface area contributed by atoms with Crippen molar-refractivity contribution in [2.75, 3.05) is 0 Å². The van der Waals surface area contributed by atoms with Gasteiger partial charge in [-0.2, -0.15) is 0 Å². The first kappa shape index (κ1) is 27.4. The molecule has 1 aliphatic rings. The van der Waals surface area contributed by atoms with Crippen molar-refractivity contribution in [3.63, 3.8) is 0 Å².